The van der Waals surface area contributed by atoms with Crippen LogP contribution in [0.2, 0.25) is 4.34 Å². The van der Waals surface area contributed by atoms with E-state index >= 15 is 0 Å². The third kappa shape index (κ3) is 2.97. The molecule has 16 heavy (non-hydrogen) atoms. The molecule has 1 amide bonds. The zero-order valence-electron chi connectivity index (χ0n) is 8.56. The molecule has 1 aromatic rings. The first kappa shape index (κ1) is 12.4. The highest BCUT2D eigenvalue weighted by Gasteiger charge is 2.21. The Hall–Kier alpha value is -0.100. The van der Waals surface area contributed by atoms with E-state index in [-0.39, 0.29) is 11.9 Å². The van der Waals surface area contributed by atoms with Crippen LogP contribution in [0.25, 0.3) is 0 Å². The van der Waals surface area contributed by atoms with E-state index in [1.165, 1.54) is 11.3 Å². The molecule has 1 unspecified atom stereocenters. The Bertz CT molecular complexity index is 377. The van der Waals surface area contributed by atoms with E-state index in [0.29, 0.717) is 6.54 Å². The van der Waals surface area contributed by atoms with Gasteiger partial charge in [-0.25, -0.2) is 0 Å². The summed E-state index contributed by atoms with van der Waals surface area (Å²) in [7, 11) is 0. The molecule has 2 rings (SSSR count). The topological polar surface area (TPSA) is 41.1 Å². The van der Waals surface area contributed by atoms with Gasteiger partial charge < -0.3 is 10.6 Å². The first-order valence-electron chi connectivity index (χ1n) is 5.11. The van der Waals surface area contributed by atoms with Crippen molar-refractivity contribution in [3.8, 4) is 0 Å². The summed E-state index contributed by atoms with van der Waals surface area (Å²) in [5.41, 5.74) is 0. The smallest absolute Gasteiger partial charge is 0.237 e. The minimum Gasteiger partial charge on any atom is -0.355 e. The van der Waals surface area contributed by atoms with E-state index in [9.17, 15) is 4.79 Å². The summed E-state index contributed by atoms with van der Waals surface area (Å²) in [4.78, 5) is 12.6. The third-order valence-corrected chi connectivity index (χ3v) is 4.98. The summed E-state index contributed by atoms with van der Waals surface area (Å²) in [6.45, 7) is 1.49. The molecule has 0 radical (unpaired) electrons. The fourth-order valence-electron chi connectivity index (χ4n) is 1.67. The molecule has 1 fully saturated rings. The molecular formula is C10H12BrClN2OS. The molecule has 1 saturated heterocycles. The van der Waals surface area contributed by atoms with Gasteiger partial charge in [-0.2, -0.15) is 0 Å². The Morgan fingerprint density at radius 3 is 3.12 bits per heavy atom. The molecule has 1 aliphatic heterocycles. The van der Waals surface area contributed by atoms with Crippen LogP contribution in [0, 0.1) is 0 Å². The predicted octanol–water partition coefficient (Wildman–Crippen LogP) is 2.53. The number of carbonyl (C=O) groups is 1. The second-order valence-electron chi connectivity index (χ2n) is 3.70. The van der Waals surface area contributed by atoms with Gasteiger partial charge in [-0.15, -0.1) is 11.3 Å². The first-order chi connectivity index (χ1) is 7.66. The summed E-state index contributed by atoms with van der Waals surface area (Å²) in [5.74, 6) is 0.105. The zero-order valence-corrected chi connectivity index (χ0v) is 11.7. The molecule has 0 aromatic carbocycles. The maximum atomic E-state index is 11.5. The molecular weight excluding hydrogens is 312 g/mol. The third-order valence-electron chi connectivity index (χ3n) is 2.50. The van der Waals surface area contributed by atoms with Crippen LogP contribution in [0.4, 0.5) is 0 Å². The highest BCUT2D eigenvalue weighted by molar-refractivity contribution is 9.10. The fraction of sp³-hybridized carbons (Fsp3) is 0.500. The van der Waals surface area contributed by atoms with Crippen LogP contribution in [0.5, 0.6) is 0 Å². The Morgan fingerprint density at radius 2 is 2.50 bits per heavy atom. The van der Waals surface area contributed by atoms with Crippen LogP contribution >= 0.6 is 38.9 Å². The number of rotatable bonds is 3. The number of piperidine rings is 1. The van der Waals surface area contributed by atoms with E-state index in [0.717, 1.165) is 33.1 Å². The van der Waals surface area contributed by atoms with Crippen molar-refractivity contribution in [1.29, 1.82) is 0 Å². The molecule has 2 heterocycles. The maximum absolute atomic E-state index is 11.5. The Kier molecular flexibility index (Phi) is 4.24. The van der Waals surface area contributed by atoms with E-state index in [1.54, 1.807) is 0 Å². The van der Waals surface area contributed by atoms with Crippen molar-refractivity contribution in [2.45, 2.75) is 25.4 Å². The van der Waals surface area contributed by atoms with Gasteiger partial charge in [0.25, 0.3) is 0 Å². The number of thiophene rings is 1. The number of nitrogens with one attached hydrogen (secondary N) is 2. The number of hydrogen-bond acceptors (Lipinski definition) is 3. The molecule has 0 saturated carbocycles. The Labute approximate surface area is 112 Å². The van der Waals surface area contributed by atoms with Gasteiger partial charge in [0, 0.05) is 22.4 Å². The first-order valence-corrected chi connectivity index (χ1v) is 7.10. The van der Waals surface area contributed by atoms with Crippen molar-refractivity contribution in [1.82, 2.24) is 10.6 Å². The van der Waals surface area contributed by atoms with Crippen LogP contribution in [-0.2, 0) is 11.3 Å². The van der Waals surface area contributed by atoms with Crippen molar-refractivity contribution in [2.75, 3.05) is 6.54 Å². The molecule has 0 spiro atoms. The van der Waals surface area contributed by atoms with Crippen molar-refractivity contribution < 1.29 is 4.79 Å². The summed E-state index contributed by atoms with van der Waals surface area (Å²) in [6, 6.07) is 1.93. The highest BCUT2D eigenvalue weighted by Crippen LogP contribution is 2.31. The molecule has 1 atom stereocenters. The van der Waals surface area contributed by atoms with Crippen LogP contribution in [0.15, 0.2) is 10.5 Å². The van der Waals surface area contributed by atoms with Gasteiger partial charge in [0.1, 0.15) is 4.34 Å². The van der Waals surface area contributed by atoms with Crippen molar-refractivity contribution in [2.24, 2.45) is 0 Å². The lowest BCUT2D eigenvalue weighted by Crippen LogP contribution is -2.47. The molecule has 0 bridgehead atoms. The largest absolute Gasteiger partial charge is 0.355 e. The van der Waals surface area contributed by atoms with Crippen LogP contribution in [-0.4, -0.2) is 18.5 Å². The van der Waals surface area contributed by atoms with Gasteiger partial charge >= 0.3 is 0 Å². The number of hydrogen-bond donors (Lipinski definition) is 2. The molecule has 0 aliphatic carbocycles. The maximum Gasteiger partial charge on any atom is 0.237 e. The lowest BCUT2D eigenvalue weighted by atomic mass is 10.1. The van der Waals surface area contributed by atoms with Crippen molar-refractivity contribution >= 4 is 44.8 Å². The standard InChI is InChI=1S/C10H12BrClN2OS/c11-7-4-6(16-9(7)12)5-14-8-2-1-3-13-10(8)15/h4,8,14H,1-3,5H2,(H,13,15). The lowest BCUT2D eigenvalue weighted by Gasteiger charge is -2.22. The fourth-order valence-corrected chi connectivity index (χ4v) is 3.41. The van der Waals surface area contributed by atoms with Gasteiger partial charge in [-0.3, -0.25) is 4.79 Å². The van der Waals surface area contributed by atoms with Gasteiger partial charge in [-0.1, -0.05) is 11.6 Å². The molecule has 2 N–H and O–H groups in total. The van der Waals surface area contributed by atoms with E-state index in [4.69, 9.17) is 11.6 Å². The van der Waals surface area contributed by atoms with E-state index < -0.39 is 0 Å². The van der Waals surface area contributed by atoms with Crippen molar-refractivity contribution in [3.05, 3.63) is 19.8 Å². The number of carbonyl (C=O) groups excluding carboxylic acids is 1. The monoisotopic (exact) mass is 322 g/mol. The van der Waals surface area contributed by atoms with Crippen LogP contribution in [0.1, 0.15) is 17.7 Å². The summed E-state index contributed by atoms with van der Waals surface area (Å²) in [5, 5.41) is 6.10. The summed E-state index contributed by atoms with van der Waals surface area (Å²) < 4.78 is 1.67. The van der Waals surface area contributed by atoms with Gasteiger partial charge in [0.2, 0.25) is 5.91 Å². The predicted molar refractivity (Wildman–Crippen MR) is 69.9 cm³/mol. The van der Waals surface area contributed by atoms with Crippen LogP contribution < -0.4 is 10.6 Å². The summed E-state index contributed by atoms with van der Waals surface area (Å²) in [6.07, 6.45) is 1.95. The zero-order chi connectivity index (χ0) is 11.5. The molecule has 3 nitrogen and oxygen atoms in total. The number of halogens is 2. The van der Waals surface area contributed by atoms with Gasteiger partial charge in [0.15, 0.2) is 0 Å². The quantitative estimate of drug-likeness (QED) is 0.897. The van der Waals surface area contributed by atoms with E-state index in [1.807, 2.05) is 6.07 Å². The SMILES string of the molecule is O=C1NCCCC1NCc1cc(Br)c(Cl)s1. The molecule has 88 valence electrons. The Balaban J connectivity index is 1.89. The normalized spacial score (nSPS) is 20.9. The Morgan fingerprint density at radius 1 is 1.69 bits per heavy atom. The second kappa shape index (κ2) is 5.49. The highest BCUT2D eigenvalue weighted by atomic mass is 79.9. The number of amides is 1. The van der Waals surface area contributed by atoms with E-state index in [2.05, 4.69) is 26.6 Å². The van der Waals surface area contributed by atoms with Crippen LogP contribution in [0.3, 0.4) is 0 Å². The van der Waals surface area contributed by atoms with Gasteiger partial charge in [-0.05, 0) is 34.8 Å². The summed E-state index contributed by atoms with van der Waals surface area (Å²) >= 11 is 10.8. The average Bonchev–Trinajstić information content (AvgIpc) is 2.57. The molecule has 1 aromatic heterocycles. The minimum atomic E-state index is -0.0617. The average molecular weight is 324 g/mol. The van der Waals surface area contributed by atoms with Gasteiger partial charge in [0.05, 0.1) is 6.04 Å². The molecule has 6 heteroatoms. The minimum absolute atomic E-state index is 0.0617. The lowest BCUT2D eigenvalue weighted by molar-refractivity contribution is -0.124. The molecule has 1 aliphatic rings. The van der Waals surface area contributed by atoms with Crippen molar-refractivity contribution in [3.63, 3.8) is 0 Å². The second-order valence-corrected chi connectivity index (χ2v) is 6.29.